The van der Waals surface area contributed by atoms with Crippen LogP contribution in [-0.2, 0) is 38.0 Å². The van der Waals surface area contributed by atoms with Crippen LogP contribution in [0.2, 0.25) is 0 Å². The van der Waals surface area contributed by atoms with E-state index in [0.717, 1.165) is 0 Å². The zero-order chi connectivity index (χ0) is 28.2. The number of cyclic esters (lactones) is 1. The van der Waals surface area contributed by atoms with Gasteiger partial charge in [-0.25, -0.2) is 4.79 Å². The Bertz CT molecular complexity index is 871. The molecule has 0 amide bonds. The second kappa shape index (κ2) is 13.1. The maximum atomic E-state index is 12.6. The van der Waals surface area contributed by atoms with Crippen LogP contribution in [0.1, 0.15) is 40.5 Å². The molecule has 0 spiro atoms. The number of aliphatic hydroxyl groups excluding tert-OH is 2. The lowest BCUT2D eigenvalue weighted by atomic mass is 9.89. The molecule has 2 saturated heterocycles. The third-order valence-corrected chi connectivity index (χ3v) is 7.68. The molecule has 3 heterocycles. The number of carbonyl (C=O) groups excluding carboxylic acids is 2. The number of hydrogen-bond donors (Lipinski definition) is 3. The van der Waals surface area contributed by atoms with Crippen LogP contribution in [0, 0.1) is 11.8 Å². The number of epoxide rings is 1. The van der Waals surface area contributed by atoms with Gasteiger partial charge < -0.3 is 43.7 Å². The molecule has 3 rings (SSSR count). The van der Waals surface area contributed by atoms with Crippen molar-refractivity contribution in [2.24, 2.45) is 11.8 Å². The zero-order valence-electron chi connectivity index (χ0n) is 22.9. The molecule has 0 aromatic rings. The Balaban J connectivity index is 1.79. The molecule has 3 aliphatic heterocycles. The molecule has 0 radical (unpaired) electrons. The van der Waals surface area contributed by atoms with Gasteiger partial charge in [-0.2, -0.15) is 0 Å². The molecular weight excluding hydrogens is 500 g/mol. The van der Waals surface area contributed by atoms with E-state index in [1.165, 1.54) is 33.3 Å². The monoisotopic (exact) mass is 542 g/mol. The number of rotatable bonds is 5. The molecule has 0 aromatic carbocycles. The van der Waals surface area contributed by atoms with E-state index in [1.54, 1.807) is 32.9 Å². The summed E-state index contributed by atoms with van der Waals surface area (Å²) in [6.07, 6.45) is -0.187. The second-order valence-corrected chi connectivity index (χ2v) is 10.6. The summed E-state index contributed by atoms with van der Waals surface area (Å²) in [7, 11) is 2.94. The number of esters is 1. The van der Waals surface area contributed by atoms with Gasteiger partial charge in [0, 0.05) is 32.1 Å². The lowest BCUT2D eigenvalue weighted by Crippen LogP contribution is -2.59. The Hall–Kier alpha value is -1.70. The molecule has 3 aliphatic rings. The molecule has 11 nitrogen and oxygen atoms in total. The van der Waals surface area contributed by atoms with Gasteiger partial charge in [-0.3, -0.25) is 4.79 Å². The Morgan fingerprint density at radius 3 is 2.34 bits per heavy atom. The maximum absolute atomic E-state index is 12.6. The highest BCUT2D eigenvalue weighted by atomic mass is 16.7. The predicted octanol–water partition coefficient (Wildman–Crippen LogP) is 0.677. The minimum atomic E-state index is -1.65. The third kappa shape index (κ3) is 7.48. The zero-order valence-corrected chi connectivity index (χ0v) is 22.9. The van der Waals surface area contributed by atoms with Crippen LogP contribution in [-0.4, -0.2) is 109 Å². The lowest BCUT2D eigenvalue weighted by Gasteiger charge is -2.42. The molecule has 12 atom stereocenters. The summed E-state index contributed by atoms with van der Waals surface area (Å²) in [6, 6.07) is 0. The van der Waals surface area contributed by atoms with E-state index in [2.05, 4.69) is 0 Å². The van der Waals surface area contributed by atoms with E-state index < -0.39 is 84.3 Å². The Labute approximate surface area is 223 Å². The SMILES string of the molecule is CO[C@@H]1[C@H](O)[C@@H](C)O[C@@H](OCC2[C@@H](C)OC(=O)/C=C/[C@H](C)[C@@H](O)CC[C@](C)(O)C(=O)/C=C/[C@@H]3O[C@@H]23)[C@@H]1OC. The van der Waals surface area contributed by atoms with Gasteiger partial charge in [-0.1, -0.05) is 13.0 Å². The fraction of sp³-hybridized carbons (Fsp3) is 0.778. The van der Waals surface area contributed by atoms with Crippen molar-refractivity contribution in [3.05, 3.63) is 24.3 Å². The van der Waals surface area contributed by atoms with Crippen molar-refractivity contribution in [1.29, 1.82) is 0 Å². The maximum Gasteiger partial charge on any atom is 0.330 e. The average Bonchev–Trinajstić information content (AvgIpc) is 3.64. The average molecular weight is 543 g/mol. The quantitative estimate of drug-likeness (QED) is 0.332. The first kappa shape index (κ1) is 30.8. The molecule has 38 heavy (non-hydrogen) atoms. The first-order chi connectivity index (χ1) is 17.9. The number of carbonyl (C=O) groups is 2. The molecule has 1 unspecified atom stereocenters. The van der Waals surface area contributed by atoms with E-state index in [0.29, 0.717) is 0 Å². The number of hydrogen-bond acceptors (Lipinski definition) is 11. The molecular formula is C27H42O11. The number of ketones is 1. The van der Waals surface area contributed by atoms with Crippen LogP contribution in [0.4, 0.5) is 0 Å². The molecule has 0 aliphatic carbocycles. The summed E-state index contributed by atoms with van der Waals surface area (Å²) in [5, 5.41) is 31.5. The number of aliphatic hydroxyl groups is 3. The number of methoxy groups -OCH3 is 2. The Morgan fingerprint density at radius 2 is 1.68 bits per heavy atom. The predicted molar refractivity (Wildman–Crippen MR) is 134 cm³/mol. The van der Waals surface area contributed by atoms with E-state index in [1.807, 2.05) is 0 Å². The minimum absolute atomic E-state index is 0.0533. The van der Waals surface area contributed by atoms with Crippen molar-refractivity contribution < 1.29 is 53.3 Å². The summed E-state index contributed by atoms with van der Waals surface area (Å²) in [5.74, 6) is -1.91. The lowest BCUT2D eigenvalue weighted by molar-refractivity contribution is -0.305. The molecule has 11 heteroatoms. The first-order valence-corrected chi connectivity index (χ1v) is 13.1. The van der Waals surface area contributed by atoms with Crippen LogP contribution >= 0.6 is 0 Å². The second-order valence-electron chi connectivity index (χ2n) is 10.6. The van der Waals surface area contributed by atoms with E-state index >= 15 is 0 Å². The summed E-state index contributed by atoms with van der Waals surface area (Å²) in [4.78, 5) is 25.2. The summed E-state index contributed by atoms with van der Waals surface area (Å²) < 4.78 is 34.3. The van der Waals surface area contributed by atoms with Crippen LogP contribution < -0.4 is 0 Å². The molecule has 2 fully saturated rings. The van der Waals surface area contributed by atoms with Crippen molar-refractivity contribution >= 4 is 11.8 Å². The normalized spacial score (nSPS) is 46.6. The van der Waals surface area contributed by atoms with E-state index in [-0.39, 0.29) is 19.4 Å². The first-order valence-electron chi connectivity index (χ1n) is 13.1. The fourth-order valence-corrected chi connectivity index (χ4v) is 4.82. The molecule has 216 valence electrons. The van der Waals surface area contributed by atoms with Gasteiger partial charge >= 0.3 is 5.97 Å². The van der Waals surface area contributed by atoms with Gasteiger partial charge in [0.15, 0.2) is 12.1 Å². The van der Waals surface area contributed by atoms with Crippen molar-refractivity contribution in [2.45, 2.75) is 101 Å². The topological polar surface area (TPSA) is 154 Å². The number of ether oxygens (including phenoxy) is 6. The van der Waals surface area contributed by atoms with Gasteiger partial charge in [0.1, 0.15) is 36.1 Å². The molecule has 3 N–H and O–H groups in total. The number of fused-ring (bicyclic) bond motifs is 1. The van der Waals surface area contributed by atoms with Crippen LogP contribution in [0.15, 0.2) is 24.3 Å². The minimum Gasteiger partial charge on any atom is -0.459 e. The highest BCUT2D eigenvalue weighted by Gasteiger charge is 2.49. The smallest absolute Gasteiger partial charge is 0.330 e. The van der Waals surface area contributed by atoms with Crippen molar-refractivity contribution in [1.82, 2.24) is 0 Å². The van der Waals surface area contributed by atoms with Gasteiger partial charge in [-0.05, 0) is 45.8 Å². The molecule has 0 bridgehead atoms. The molecule has 0 aromatic heterocycles. The summed E-state index contributed by atoms with van der Waals surface area (Å²) >= 11 is 0. The standard InChI is InChI=1S/C27H42O11/c1-14-7-10-21(30)36-15(2)17(13-35-26-25(34-6)24(33-5)22(31)16(3)37-26)23-19(38-23)8-9-20(29)27(4,32)12-11-18(14)28/h7-10,14-19,22-26,28,31-32H,11-13H2,1-6H3/b9-8+,10-7+/t14-,15+,16+,17?,18-,19-,22+,23-,24+,25+,26+,27-/m0/s1. The molecule has 0 saturated carbocycles. The van der Waals surface area contributed by atoms with Crippen LogP contribution in [0.5, 0.6) is 0 Å². The van der Waals surface area contributed by atoms with Crippen LogP contribution in [0.3, 0.4) is 0 Å². The van der Waals surface area contributed by atoms with E-state index in [9.17, 15) is 24.9 Å². The van der Waals surface area contributed by atoms with Crippen molar-refractivity contribution in [3.63, 3.8) is 0 Å². The van der Waals surface area contributed by atoms with Gasteiger partial charge in [0.05, 0.1) is 24.9 Å². The Kier molecular flexibility index (Phi) is 10.6. The largest absolute Gasteiger partial charge is 0.459 e. The highest BCUT2D eigenvalue weighted by Crippen LogP contribution is 2.36. The highest BCUT2D eigenvalue weighted by molar-refractivity contribution is 5.96. The van der Waals surface area contributed by atoms with Crippen LogP contribution in [0.25, 0.3) is 0 Å². The third-order valence-electron chi connectivity index (χ3n) is 7.68. The van der Waals surface area contributed by atoms with Gasteiger partial charge in [0.25, 0.3) is 0 Å². The van der Waals surface area contributed by atoms with Gasteiger partial charge in [-0.15, -0.1) is 0 Å². The van der Waals surface area contributed by atoms with Crippen molar-refractivity contribution in [2.75, 3.05) is 20.8 Å². The fourth-order valence-electron chi connectivity index (χ4n) is 4.82. The van der Waals surface area contributed by atoms with E-state index in [4.69, 9.17) is 28.4 Å². The van der Waals surface area contributed by atoms with Crippen molar-refractivity contribution in [3.8, 4) is 0 Å². The summed E-state index contributed by atoms with van der Waals surface area (Å²) in [5.41, 5.74) is -1.65. The summed E-state index contributed by atoms with van der Waals surface area (Å²) in [6.45, 7) is 6.63. The Morgan fingerprint density at radius 1 is 1.00 bits per heavy atom. The van der Waals surface area contributed by atoms with Gasteiger partial charge in [0.2, 0.25) is 0 Å².